The van der Waals surface area contributed by atoms with Gasteiger partial charge >= 0.3 is 5.97 Å². The summed E-state index contributed by atoms with van der Waals surface area (Å²) in [6.45, 7) is 10.1. The summed E-state index contributed by atoms with van der Waals surface area (Å²) in [4.78, 5) is 13.5. The second kappa shape index (κ2) is 6.80. The molecular weight excluding hydrogens is 262 g/mol. The van der Waals surface area contributed by atoms with Gasteiger partial charge in [-0.05, 0) is 30.0 Å². The van der Waals surface area contributed by atoms with Crippen molar-refractivity contribution in [2.45, 2.75) is 27.7 Å². The molecule has 0 aromatic heterocycles. The van der Waals surface area contributed by atoms with Crippen molar-refractivity contribution < 1.29 is 9.90 Å². The number of anilines is 1. The van der Waals surface area contributed by atoms with Gasteiger partial charge in [-0.15, -0.1) is 0 Å². The number of carbonyl (C=O) groups is 1. The fraction of sp³-hybridized carbons (Fsp3) is 0.533. The highest BCUT2D eigenvalue weighted by Gasteiger charge is 2.18. The van der Waals surface area contributed by atoms with Gasteiger partial charge in [0.2, 0.25) is 0 Å². The molecule has 0 amide bonds. The first-order valence-electron chi connectivity index (χ1n) is 6.59. The molecule has 0 aliphatic heterocycles. The molecule has 0 heterocycles. The Morgan fingerprint density at radius 3 is 2.16 bits per heavy atom. The van der Waals surface area contributed by atoms with Crippen LogP contribution in [0.25, 0.3) is 0 Å². The van der Waals surface area contributed by atoms with Crippen LogP contribution in [-0.4, -0.2) is 24.2 Å². The SMILES string of the molecule is CC(C)CN(CC(C)C)c1cc(Cl)ccc1C(=O)O. The van der Waals surface area contributed by atoms with Crippen molar-refractivity contribution in [1.82, 2.24) is 0 Å². The zero-order valence-corrected chi connectivity index (χ0v) is 12.7. The van der Waals surface area contributed by atoms with Crippen molar-refractivity contribution in [2.75, 3.05) is 18.0 Å². The Bertz CT molecular complexity index is 434. The second-order valence-electron chi connectivity index (χ2n) is 5.66. The molecule has 0 atom stereocenters. The van der Waals surface area contributed by atoms with Gasteiger partial charge < -0.3 is 10.0 Å². The molecule has 1 aromatic carbocycles. The topological polar surface area (TPSA) is 40.5 Å². The van der Waals surface area contributed by atoms with Gasteiger partial charge in [0.15, 0.2) is 0 Å². The summed E-state index contributed by atoms with van der Waals surface area (Å²) in [6, 6.07) is 4.95. The zero-order chi connectivity index (χ0) is 14.6. The monoisotopic (exact) mass is 283 g/mol. The predicted molar refractivity (Wildman–Crippen MR) is 80.3 cm³/mol. The molecule has 0 unspecified atom stereocenters. The van der Waals surface area contributed by atoms with Crippen molar-refractivity contribution in [3.05, 3.63) is 28.8 Å². The van der Waals surface area contributed by atoms with E-state index in [1.54, 1.807) is 18.2 Å². The summed E-state index contributed by atoms with van der Waals surface area (Å²) in [5, 5.41) is 9.87. The number of rotatable bonds is 6. The highest BCUT2D eigenvalue weighted by atomic mass is 35.5. The van der Waals surface area contributed by atoms with Crippen LogP contribution < -0.4 is 4.90 Å². The fourth-order valence-electron chi connectivity index (χ4n) is 2.10. The largest absolute Gasteiger partial charge is 0.478 e. The van der Waals surface area contributed by atoms with E-state index < -0.39 is 5.97 Å². The number of carboxylic acids is 1. The number of hydrogen-bond donors (Lipinski definition) is 1. The van der Waals surface area contributed by atoms with E-state index in [1.165, 1.54) is 0 Å². The maximum absolute atomic E-state index is 11.3. The molecule has 19 heavy (non-hydrogen) atoms. The Labute approximate surface area is 120 Å². The number of aromatic carboxylic acids is 1. The number of benzene rings is 1. The Kier molecular flexibility index (Phi) is 5.67. The van der Waals surface area contributed by atoms with Gasteiger partial charge in [-0.2, -0.15) is 0 Å². The van der Waals surface area contributed by atoms with Crippen molar-refractivity contribution in [1.29, 1.82) is 0 Å². The summed E-state index contributed by atoms with van der Waals surface area (Å²) in [6.07, 6.45) is 0. The molecule has 0 bridgehead atoms. The van der Waals surface area contributed by atoms with Gasteiger partial charge in [0, 0.05) is 18.1 Å². The second-order valence-corrected chi connectivity index (χ2v) is 6.10. The first-order valence-corrected chi connectivity index (χ1v) is 6.96. The smallest absolute Gasteiger partial charge is 0.337 e. The highest BCUT2D eigenvalue weighted by Crippen LogP contribution is 2.26. The van der Waals surface area contributed by atoms with Gasteiger partial charge in [0.25, 0.3) is 0 Å². The summed E-state index contributed by atoms with van der Waals surface area (Å²) in [5.74, 6) is 0.00271. The van der Waals surface area contributed by atoms with Crippen LogP contribution in [0.4, 0.5) is 5.69 Å². The van der Waals surface area contributed by atoms with Gasteiger partial charge in [0.1, 0.15) is 0 Å². The van der Waals surface area contributed by atoms with Crippen LogP contribution in [0.1, 0.15) is 38.1 Å². The van der Waals surface area contributed by atoms with Crippen LogP contribution in [0.15, 0.2) is 18.2 Å². The average molecular weight is 284 g/mol. The first kappa shape index (κ1) is 15.8. The number of carboxylic acid groups (broad SMARTS) is 1. The average Bonchev–Trinajstić information content (AvgIpc) is 2.26. The lowest BCUT2D eigenvalue weighted by Gasteiger charge is -2.29. The minimum atomic E-state index is -0.913. The van der Waals surface area contributed by atoms with Gasteiger partial charge in [-0.1, -0.05) is 39.3 Å². The third-order valence-corrected chi connectivity index (χ3v) is 2.94. The summed E-state index contributed by atoms with van der Waals surface area (Å²) in [7, 11) is 0. The normalized spacial score (nSPS) is 11.1. The molecule has 0 aliphatic carbocycles. The van der Waals surface area contributed by atoms with E-state index in [0.717, 1.165) is 13.1 Å². The van der Waals surface area contributed by atoms with Crippen molar-refractivity contribution >= 4 is 23.3 Å². The molecule has 1 rings (SSSR count). The molecule has 106 valence electrons. The van der Waals surface area contributed by atoms with Crippen molar-refractivity contribution in [3.63, 3.8) is 0 Å². The molecule has 0 saturated carbocycles. The fourth-order valence-corrected chi connectivity index (χ4v) is 2.27. The lowest BCUT2D eigenvalue weighted by atomic mass is 10.1. The molecular formula is C15H22ClNO2. The Hall–Kier alpha value is -1.22. The van der Waals surface area contributed by atoms with Crippen LogP contribution in [0.2, 0.25) is 5.02 Å². The Morgan fingerprint density at radius 1 is 1.21 bits per heavy atom. The number of halogens is 1. The third kappa shape index (κ3) is 4.75. The molecule has 0 radical (unpaired) electrons. The molecule has 0 spiro atoms. The van der Waals surface area contributed by atoms with E-state index in [0.29, 0.717) is 28.1 Å². The van der Waals surface area contributed by atoms with Crippen LogP contribution >= 0.6 is 11.6 Å². The number of nitrogens with zero attached hydrogens (tertiary/aromatic N) is 1. The molecule has 0 fully saturated rings. The molecule has 1 aromatic rings. The van der Waals surface area contributed by atoms with E-state index in [-0.39, 0.29) is 0 Å². The Morgan fingerprint density at radius 2 is 1.74 bits per heavy atom. The standard InChI is InChI=1S/C15H22ClNO2/c1-10(2)8-17(9-11(3)4)14-7-12(16)5-6-13(14)15(18)19/h5-7,10-11H,8-9H2,1-4H3,(H,18,19). The van der Waals surface area contributed by atoms with Crippen LogP contribution in [0, 0.1) is 11.8 Å². The van der Waals surface area contributed by atoms with Gasteiger partial charge in [-0.25, -0.2) is 4.79 Å². The molecule has 0 saturated heterocycles. The van der Waals surface area contributed by atoms with Crippen molar-refractivity contribution in [2.24, 2.45) is 11.8 Å². The first-order chi connectivity index (χ1) is 8.81. The van der Waals surface area contributed by atoms with Crippen LogP contribution in [0.5, 0.6) is 0 Å². The predicted octanol–water partition coefficient (Wildman–Crippen LogP) is 4.16. The van der Waals surface area contributed by atoms with Crippen molar-refractivity contribution in [3.8, 4) is 0 Å². The summed E-state index contributed by atoms with van der Waals surface area (Å²) < 4.78 is 0. The minimum absolute atomic E-state index is 0.311. The maximum Gasteiger partial charge on any atom is 0.337 e. The van der Waals surface area contributed by atoms with Gasteiger partial charge in [0.05, 0.1) is 11.3 Å². The zero-order valence-electron chi connectivity index (χ0n) is 12.0. The molecule has 0 aliphatic rings. The molecule has 1 N–H and O–H groups in total. The van der Waals surface area contributed by atoms with E-state index in [9.17, 15) is 9.90 Å². The summed E-state index contributed by atoms with van der Waals surface area (Å²) >= 11 is 6.02. The van der Waals surface area contributed by atoms with E-state index in [1.807, 2.05) is 0 Å². The van der Waals surface area contributed by atoms with Crippen LogP contribution in [-0.2, 0) is 0 Å². The summed E-state index contributed by atoms with van der Waals surface area (Å²) in [5.41, 5.74) is 1.02. The van der Waals surface area contributed by atoms with E-state index >= 15 is 0 Å². The lowest BCUT2D eigenvalue weighted by molar-refractivity contribution is 0.0697. The van der Waals surface area contributed by atoms with E-state index in [2.05, 4.69) is 32.6 Å². The third-order valence-electron chi connectivity index (χ3n) is 2.70. The van der Waals surface area contributed by atoms with Crippen LogP contribution in [0.3, 0.4) is 0 Å². The minimum Gasteiger partial charge on any atom is -0.478 e. The van der Waals surface area contributed by atoms with Gasteiger partial charge in [-0.3, -0.25) is 0 Å². The Balaban J connectivity index is 3.18. The molecule has 4 heteroatoms. The molecule has 3 nitrogen and oxygen atoms in total. The lowest BCUT2D eigenvalue weighted by Crippen LogP contribution is -2.32. The van der Waals surface area contributed by atoms with E-state index in [4.69, 9.17) is 11.6 Å². The number of hydrogen-bond acceptors (Lipinski definition) is 2. The highest BCUT2D eigenvalue weighted by molar-refractivity contribution is 6.31. The quantitative estimate of drug-likeness (QED) is 0.852. The maximum atomic E-state index is 11.3.